The number of halogens is 1. The summed E-state index contributed by atoms with van der Waals surface area (Å²) >= 11 is 3.32. The first-order chi connectivity index (χ1) is 8.15. The zero-order valence-corrected chi connectivity index (χ0v) is 10.6. The number of hydrogen-bond acceptors (Lipinski definition) is 4. The minimum Gasteiger partial charge on any atom is -0.381 e. The van der Waals surface area contributed by atoms with Crippen LogP contribution in [0.3, 0.4) is 0 Å². The number of nitrogens with two attached hydrogens (primary N) is 1. The fourth-order valence-electron chi connectivity index (χ4n) is 1.68. The first-order valence-electron chi connectivity index (χ1n) is 4.97. The van der Waals surface area contributed by atoms with Crippen LogP contribution in [-0.2, 0) is 0 Å². The van der Waals surface area contributed by atoms with Crippen molar-refractivity contribution in [1.82, 2.24) is 24.4 Å². The average Bonchev–Trinajstić information content (AvgIpc) is 2.81. The quantitative estimate of drug-likeness (QED) is 0.739. The smallest absolute Gasteiger partial charge is 0.179 e. The summed E-state index contributed by atoms with van der Waals surface area (Å²) in [4.78, 5) is 4.31. The SMILES string of the molecule is Cc1cc2c(-n3cc(Br)c(N)n3)nccn2n1. The molecule has 0 aromatic carbocycles. The number of hydrogen-bond donors (Lipinski definition) is 1. The van der Waals surface area contributed by atoms with Crippen molar-refractivity contribution in [3.8, 4) is 5.82 Å². The predicted octanol–water partition coefficient (Wildman–Crippen LogP) is 1.57. The van der Waals surface area contributed by atoms with Gasteiger partial charge in [-0.2, -0.15) is 5.10 Å². The third-order valence-electron chi connectivity index (χ3n) is 2.40. The van der Waals surface area contributed by atoms with E-state index in [1.165, 1.54) is 0 Å². The minimum atomic E-state index is 0.435. The van der Waals surface area contributed by atoms with Crippen molar-refractivity contribution in [3.63, 3.8) is 0 Å². The van der Waals surface area contributed by atoms with Gasteiger partial charge in [0.15, 0.2) is 11.6 Å². The van der Waals surface area contributed by atoms with Gasteiger partial charge in [-0.25, -0.2) is 14.2 Å². The number of aryl methyl sites for hydroxylation is 1. The van der Waals surface area contributed by atoms with E-state index in [-0.39, 0.29) is 0 Å². The Morgan fingerprint density at radius 1 is 1.35 bits per heavy atom. The van der Waals surface area contributed by atoms with Crippen molar-refractivity contribution in [2.75, 3.05) is 5.73 Å². The van der Waals surface area contributed by atoms with E-state index in [1.54, 1.807) is 27.8 Å². The third-order valence-corrected chi connectivity index (χ3v) is 3.02. The van der Waals surface area contributed by atoms with Crippen LogP contribution in [0.25, 0.3) is 11.3 Å². The van der Waals surface area contributed by atoms with E-state index in [4.69, 9.17) is 5.73 Å². The number of nitrogen functional groups attached to an aromatic ring is 1. The molecule has 3 rings (SSSR count). The van der Waals surface area contributed by atoms with Gasteiger partial charge in [-0.3, -0.25) is 0 Å². The summed E-state index contributed by atoms with van der Waals surface area (Å²) in [6.07, 6.45) is 5.26. The van der Waals surface area contributed by atoms with Crippen molar-refractivity contribution in [2.45, 2.75) is 6.92 Å². The van der Waals surface area contributed by atoms with Gasteiger partial charge in [0.2, 0.25) is 0 Å². The van der Waals surface area contributed by atoms with E-state index >= 15 is 0 Å². The molecule has 0 aliphatic carbocycles. The maximum Gasteiger partial charge on any atom is 0.179 e. The van der Waals surface area contributed by atoms with E-state index < -0.39 is 0 Å². The van der Waals surface area contributed by atoms with Crippen molar-refractivity contribution < 1.29 is 0 Å². The van der Waals surface area contributed by atoms with E-state index in [9.17, 15) is 0 Å². The molecule has 0 aliphatic rings. The number of nitrogens with zero attached hydrogens (tertiary/aromatic N) is 5. The monoisotopic (exact) mass is 292 g/mol. The van der Waals surface area contributed by atoms with Gasteiger partial charge >= 0.3 is 0 Å². The Labute approximate surface area is 105 Å². The molecule has 3 aromatic heterocycles. The molecule has 86 valence electrons. The summed E-state index contributed by atoms with van der Waals surface area (Å²) in [5, 5.41) is 8.50. The lowest BCUT2D eigenvalue weighted by atomic mass is 10.4. The summed E-state index contributed by atoms with van der Waals surface area (Å²) < 4.78 is 4.15. The molecule has 6 nitrogen and oxygen atoms in total. The minimum absolute atomic E-state index is 0.435. The van der Waals surface area contributed by atoms with Crippen LogP contribution in [0.15, 0.2) is 29.1 Å². The normalized spacial score (nSPS) is 11.2. The fraction of sp³-hybridized carbons (Fsp3) is 0.100. The lowest BCUT2D eigenvalue weighted by Crippen LogP contribution is -2.02. The van der Waals surface area contributed by atoms with E-state index in [0.717, 1.165) is 15.7 Å². The summed E-state index contributed by atoms with van der Waals surface area (Å²) in [6.45, 7) is 1.93. The van der Waals surface area contributed by atoms with Gasteiger partial charge in [-0.15, -0.1) is 5.10 Å². The molecule has 0 bridgehead atoms. The Kier molecular flexibility index (Phi) is 2.15. The Hall–Kier alpha value is -1.89. The summed E-state index contributed by atoms with van der Waals surface area (Å²) in [6, 6.07) is 1.95. The standard InChI is InChI=1S/C10H9BrN6/c1-6-4-8-10(13-2-3-16(8)14-6)17-5-7(11)9(12)15-17/h2-5H,1H3,(H2,12,15). The topological polar surface area (TPSA) is 74.0 Å². The molecular formula is C10H9BrN6. The second-order valence-corrected chi connectivity index (χ2v) is 4.53. The van der Waals surface area contributed by atoms with E-state index in [0.29, 0.717) is 11.6 Å². The Bertz CT molecular complexity index is 678. The highest BCUT2D eigenvalue weighted by atomic mass is 79.9. The molecule has 3 aromatic rings. The van der Waals surface area contributed by atoms with Gasteiger partial charge in [0.1, 0.15) is 5.52 Å². The highest BCUT2D eigenvalue weighted by molar-refractivity contribution is 9.10. The van der Waals surface area contributed by atoms with Crippen LogP contribution in [0.1, 0.15) is 5.69 Å². The maximum atomic E-state index is 5.70. The van der Waals surface area contributed by atoms with Gasteiger partial charge in [0.25, 0.3) is 0 Å². The zero-order chi connectivity index (χ0) is 12.0. The second-order valence-electron chi connectivity index (χ2n) is 3.67. The average molecular weight is 293 g/mol. The van der Waals surface area contributed by atoms with Crippen LogP contribution >= 0.6 is 15.9 Å². The van der Waals surface area contributed by atoms with Crippen molar-refractivity contribution in [2.24, 2.45) is 0 Å². The van der Waals surface area contributed by atoms with E-state index in [1.807, 2.05) is 13.0 Å². The third kappa shape index (κ3) is 1.59. The first-order valence-corrected chi connectivity index (χ1v) is 5.76. The molecule has 3 heterocycles. The van der Waals surface area contributed by atoms with Crippen LogP contribution in [0.4, 0.5) is 5.82 Å². The number of rotatable bonds is 1. The Morgan fingerprint density at radius 2 is 2.18 bits per heavy atom. The molecule has 0 unspecified atom stereocenters. The number of aromatic nitrogens is 5. The zero-order valence-electron chi connectivity index (χ0n) is 9.00. The lowest BCUT2D eigenvalue weighted by Gasteiger charge is -2.01. The maximum absolute atomic E-state index is 5.70. The molecular weight excluding hydrogens is 284 g/mol. The number of fused-ring (bicyclic) bond motifs is 1. The molecule has 7 heteroatoms. The molecule has 0 atom stereocenters. The van der Waals surface area contributed by atoms with E-state index in [2.05, 4.69) is 31.1 Å². The molecule has 0 fully saturated rings. The lowest BCUT2D eigenvalue weighted by molar-refractivity contribution is 0.833. The molecule has 0 amide bonds. The molecule has 0 radical (unpaired) electrons. The highest BCUT2D eigenvalue weighted by Gasteiger charge is 2.10. The fourth-order valence-corrected chi connectivity index (χ4v) is 1.95. The van der Waals surface area contributed by atoms with Crippen LogP contribution in [0.2, 0.25) is 0 Å². The first kappa shape index (κ1) is 10.3. The molecule has 0 spiro atoms. The van der Waals surface area contributed by atoms with Crippen molar-refractivity contribution in [3.05, 3.63) is 34.8 Å². The second kappa shape index (κ2) is 3.56. The summed E-state index contributed by atoms with van der Waals surface area (Å²) in [5.74, 6) is 1.13. The number of anilines is 1. The van der Waals surface area contributed by atoms with Crippen molar-refractivity contribution >= 4 is 27.3 Å². The van der Waals surface area contributed by atoms with Gasteiger partial charge in [0, 0.05) is 18.6 Å². The predicted molar refractivity (Wildman–Crippen MR) is 67.0 cm³/mol. The van der Waals surface area contributed by atoms with Gasteiger partial charge in [-0.05, 0) is 28.9 Å². The van der Waals surface area contributed by atoms with Gasteiger partial charge < -0.3 is 5.73 Å². The molecule has 0 saturated heterocycles. The molecule has 0 saturated carbocycles. The van der Waals surface area contributed by atoms with Crippen LogP contribution < -0.4 is 5.73 Å². The largest absolute Gasteiger partial charge is 0.381 e. The molecule has 0 aliphatic heterocycles. The van der Waals surface area contributed by atoms with Crippen LogP contribution in [0.5, 0.6) is 0 Å². The van der Waals surface area contributed by atoms with Gasteiger partial charge in [-0.1, -0.05) is 0 Å². The Morgan fingerprint density at radius 3 is 2.88 bits per heavy atom. The van der Waals surface area contributed by atoms with Crippen molar-refractivity contribution in [1.29, 1.82) is 0 Å². The van der Waals surface area contributed by atoms with Crippen LogP contribution in [0, 0.1) is 6.92 Å². The summed E-state index contributed by atoms with van der Waals surface area (Å²) in [5.41, 5.74) is 7.52. The summed E-state index contributed by atoms with van der Waals surface area (Å²) in [7, 11) is 0. The highest BCUT2D eigenvalue weighted by Crippen LogP contribution is 2.20. The van der Waals surface area contributed by atoms with Crippen LogP contribution in [-0.4, -0.2) is 24.4 Å². The Balaban J connectivity index is 2.29. The van der Waals surface area contributed by atoms with Gasteiger partial charge in [0.05, 0.1) is 10.2 Å². The molecule has 17 heavy (non-hydrogen) atoms. The molecule has 2 N–H and O–H groups in total.